The van der Waals surface area contributed by atoms with Gasteiger partial charge in [0.05, 0.1) is 16.7 Å². The van der Waals surface area contributed by atoms with Crippen LogP contribution in [0.5, 0.6) is 0 Å². The van der Waals surface area contributed by atoms with E-state index in [4.69, 9.17) is 5.73 Å². The number of fused-ring (bicyclic) bond motifs is 1. The molecule has 90 valence electrons. The molecule has 0 saturated heterocycles. The Labute approximate surface area is 103 Å². The Balaban J connectivity index is 2.13. The lowest BCUT2D eigenvalue weighted by Gasteiger charge is -1.99. The van der Waals surface area contributed by atoms with Crippen LogP contribution in [-0.4, -0.2) is 15.0 Å². The number of hydrogen-bond acceptors (Lipinski definition) is 3. The van der Waals surface area contributed by atoms with Crippen molar-refractivity contribution in [2.45, 2.75) is 6.54 Å². The van der Waals surface area contributed by atoms with Crippen molar-refractivity contribution in [3.05, 3.63) is 48.0 Å². The van der Waals surface area contributed by atoms with Crippen molar-refractivity contribution in [3.63, 3.8) is 0 Å². The molecule has 0 aliphatic rings. The molecule has 0 saturated carbocycles. The highest BCUT2D eigenvalue weighted by molar-refractivity contribution is 5.79. The number of H-pyrrole nitrogens is 1. The van der Waals surface area contributed by atoms with Gasteiger partial charge in [0.2, 0.25) is 0 Å². The molecule has 0 fully saturated rings. The summed E-state index contributed by atoms with van der Waals surface area (Å²) in [5.74, 6) is 0.405. The highest BCUT2D eigenvalue weighted by atomic mass is 19.1. The predicted molar refractivity (Wildman–Crippen MR) is 67.2 cm³/mol. The maximum atomic E-state index is 13.1. The van der Waals surface area contributed by atoms with Gasteiger partial charge in [0.25, 0.3) is 0 Å². The zero-order valence-electron chi connectivity index (χ0n) is 9.52. The van der Waals surface area contributed by atoms with Gasteiger partial charge in [-0.25, -0.2) is 9.37 Å². The highest BCUT2D eigenvalue weighted by Gasteiger charge is 2.06. The van der Waals surface area contributed by atoms with Crippen molar-refractivity contribution < 1.29 is 4.39 Å². The minimum Gasteiger partial charge on any atom is -0.338 e. The molecule has 2 heterocycles. The van der Waals surface area contributed by atoms with Crippen molar-refractivity contribution in [2.24, 2.45) is 5.73 Å². The zero-order chi connectivity index (χ0) is 12.5. The number of benzene rings is 1. The molecule has 3 aromatic rings. The third-order valence-corrected chi connectivity index (χ3v) is 2.74. The second-order valence-corrected chi connectivity index (χ2v) is 3.99. The Hall–Kier alpha value is -2.27. The zero-order valence-corrected chi connectivity index (χ0v) is 9.52. The first kappa shape index (κ1) is 10.9. The smallest absolute Gasteiger partial charge is 0.138 e. The standard InChI is InChI=1S/C13H11FN4/c14-9-1-2-11-12(6-9)18-13(17-11)8-3-4-16-10(5-8)7-15/h1-6H,7,15H2,(H,17,18). The molecule has 0 aliphatic heterocycles. The second-order valence-electron chi connectivity index (χ2n) is 3.99. The number of aromatic amines is 1. The molecule has 1 aromatic carbocycles. The minimum atomic E-state index is -0.282. The monoisotopic (exact) mass is 242 g/mol. The first-order valence-electron chi connectivity index (χ1n) is 5.57. The summed E-state index contributed by atoms with van der Waals surface area (Å²) >= 11 is 0. The Kier molecular flexibility index (Phi) is 2.53. The average Bonchev–Trinajstić information content (AvgIpc) is 2.81. The number of rotatable bonds is 2. The molecule has 4 nitrogen and oxygen atoms in total. The summed E-state index contributed by atoms with van der Waals surface area (Å²) < 4.78 is 13.1. The number of nitrogens with two attached hydrogens (primary N) is 1. The summed E-state index contributed by atoms with van der Waals surface area (Å²) in [5.41, 5.74) is 8.64. The third-order valence-electron chi connectivity index (χ3n) is 2.74. The van der Waals surface area contributed by atoms with E-state index >= 15 is 0 Å². The van der Waals surface area contributed by atoms with E-state index in [0.29, 0.717) is 17.9 Å². The summed E-state index contributed by atoms with van der Waals surface area (Å²) in [6.07, 6.45) is 1.69. The maximum Gasteiger partial charge on any atom is 0.138 e. The van der Waals surface area contributed by atoms with Gasteiger partial charge in [-0.15, -0.1) is 0 Å². The van der Waals surface area contributed by atoms with Crippen molar-refractivity contribution in [3.8, 4) is 11.4 Å². The van der Waals surface area contributed by atoms with Crippen LogP contribution in [0.15, 0.2) is 36.5 Å². The topological polar surface area (TPSA) is 67.6 Å². The molecule has 5 heteroatoms. The average molecular weight is 242 g/mol. The molecular formula is C13H11FN4. The SMILES string of the molecule is NCc1cc(-c2nc3ccc(F)cc3[nH]2)ccn1. The van der Waals surface area contributed by atoms with E-state index in [-0.39, 0.29) is 5.82 Å². The van der Waals surface area contributed by atoms with Crippen LogP contribution >= 0.6 is 0 Å². The summed E-state index contributed by atoms with van der Waals surface area (Å²) in [4.78, 5) is 11.6. The van der Waals surface area contributed by atoms with Crippen LogP contribution < -0.4 is 5.73 Å². The minimum absolute atomic E-state index is 0.282. The number of imidazole rings is 1. The molecule has 0 unspecified atom stereocenters. The largest absolute Gasteiger partial charge is 0.338 e. The fourth-order valence-corrected chi connectivity index (χ4v) is 1.86. The Morgan fingerprint density at radius 2 is 2.11 bits per heavy atom. The molecule has 18 heavy (non-hydrogen) atoms. The van der Waals surface area contributed by atoms with Gasteiger partial charge in [-0.2, -0.15) is 0 Å². The summed E-state index contributed by atoms with van der Waals surface area (Å²) in [6.45, 7) is 0.378. The van der Waals surface area contributed by atoms with Crippen molar-refractivity contribution in [2.75, 3.05) is 0 Å². The van der Waals surface area contributed by atoms with E-state index in [0.717, 1.165) is 16.8 Å². The molecule has 0 amide bonds. The van der Waals surface area contributed by atoms with Crippen LogP contribution in [0.2, 0.25) is 0 Å². The Morgan fingerprint density at radius 1 is 1.22 bits per heavy atom. The van der Waals surface area contributed by atoms with Crippen LogP contribution in [0.4, 0.5) is 4.39 Å². The van der Waals surface area contributed by atoms with Gasteiger partial charge in [-0.1, -0.05) is 0 Å². The molecule has 3 rings (SSSR count). The number of nitrogens with one attached hydrogen (secondary N) is 1. The van der Waals surface area contributed by atoms with E-state index in [1.807, 2.05) is 12.1 Å². The fourth-order valence-electron chi connectivity index (χ4n) is 1.86. The van der Waals surface area contributed by atoms with Crippen molar-refractivity contribution in [1.82, 2.24) is 15.0 Å². The molecule has 0 bridgehead atoms. The number of hydrogen-bond donors (Lipinski definition) is 2. The first-order valence-corrected chi connectivity index (χ1v) is 5.57. The summed E-state index contributed by atoms with van der Waals surface area (Å²) in [5, 5.41) is 0. The predicted octanol–water partition coefficient (Wildman–Crippen LogP) is 2.22. The van der Waals surface area contributed by atoms with Gasteiger partial charge < -0.3 is 10.7 Å². The van der Waals surface area contributed by atoms with Crippen molar-refractivity contribution in [1.29, 1.82) is 0 Å². The van der Waals surface area contributed by atoms with Gasteiger partial charge >= 0.3 is 0 Å². The van der Waals surface area contributed by atoms with E-state index in [9.17, 15) is 4.39 Å². The molecule has 2 aromatic heterocycles. The number of nitrogens with zero attached hydrogens (tertiary/aromatic N) is 2. The molecule has 0 spiro atoms. The number of halogens is 1. The van der Waals surface area contributed by atoms with E-state index < -0.39 is 0 Å². The van der Waals surface area contributed by atoms with E-state index in [2.05, 4.69) is 15.0 Å². The van der Waals surface area contributed by atoms with Crippen LogP contribution in [0.1, 0.15) is 5.69 Å². The van der Waals surface area contributed by atoms with Gasteiger partial charge in [-0.05, 0) is 30.3 Å². The number of pyridine rings is 1. The normalized spacial score (nSPS) is 11.0. The molecule has 3 N–H and O–H groups in total. The van der Waals surface area contributed by atoms with E-state index in [1.54, 1.807) is 12.3 Å². The lowest BCUT2D eigenvalue weighted by atomic mass is 10.2. The number of aromatic nitrogens is 3. The Bertz CT molecular complexity index is 705. The van der Waals surface area contributed by atoms with Crippen LogP contribution in [0, 0.1) is 5.82 Å². The second kappa shape index (κ2) is 4.19. The molecule has 0 aliphatic carbocycles. The van der Waals surface area contributed by atoms with Gasteiger partial charge in [-0.3, -0.25) is 4.98 Å². The van der Waals surface area contributed by atoms with Crippen LogP contribution in [0.25, 0.3) is 22.4 Å². The maximum absolute atomic E-state index is 13.1. The van der Waals surface area contributed by atoms with Gasteiger partial charge in [0.1, 0.15) is 11.6 Å². The molecular weight excluding hydrogens is 231 g/mol. The van der Waals surface area contributed by atoms with Gasteiger partial charge in [0, 0.05) is 18.3 Å². The lowest BCUT2D eigenvalue weighted by Crippen LogP contribution is -1.99. The highest BCUT2D eigenvalue weighted by Crippen LogP contribution is 2.21. The first-order chi connectivity index (χ1) is 8.76. The summed E-state index contributed by atoms with van der Waals surface area (Å²) in [6, 6.07) is 8.18. The Morgan fingerprint density at radius 3 is 2.94 bits per heavy atom. The summed E-state index contributed by atoms with van der Waals surface area (Å²) in [7, 11) is 0. The van der Waals surface area contributed by atoms with Crippen molar-refractivity contribution >= 4 is 11.0 Å². The quantitative estimate of drug-likeness (QED) is 0.724. The van der Waals surface area contributed by atoms with Crippen LogP contribution in [0.3, 0.4) is 0 Å². The molecule has 0 atom stereocenters. The van der Waals surface area contributed by atoms with Gasteiger partial charge in [0.15, 0.2) is 0 Å². The third kappa shape index (κ3) is 1.84. The van der Waals surface area contributed by atoms with E-state index in [1.165, 1.54) is 12.1 Å². The lowest BCUT2D eigenvalue weighted by molar-refractivity contribution is 0.629. The fraction of sp³-hybridized carbons (Fsp3) is 0.0769. The molecule has 0 radical (unpaired) electrons. The van der Waals surface area contributed by atoms with Crippen LogP contribution in [-0.2, 0) is 6.54 Å².